The Morgan fingerprint density at radius 2 is 2.19 bits per heavy atom. The summed E-state index contributed by atoms with van der Waals surface area (Å²) in [5, 5.41) is 2.83. The zero-order chi connectivity index (χ0) is 15.2. The number of anilines is 1. The van der Waals surface area contributed by atoms with Gasteiger partial charge in [0.2, 0.25) is 5.91 Å². The second-order valence-electron chi connectivity index (χ2n) is 4.86. The third-order valence-electron chi connectivity index (χ3n) is 2.94. The average Bonchev–Trinajstić information content (AvgIpc) is 2.47. The molecule has 2 rings (SSSR count). The van der Waals surface area contributed by atoms with Gasteiger partial charge in [0.25, 0.3) is 0 Å². The predicted octanol–water partition coefficient (Wildman–Crippen LogP) is 2.43. The van der Waals surface area contributed by atoms with Crippen LogP contribution in [0.4, 0.5) is 5.69 Å². The van der Waals surface area contributed by atoms with E-state index in [1.807, 2.05) is 36.4 Å². The molecule has 1 atom stereocenters. The van der Waals surface area contributed by atoms with Crippen LogP contribution in [0.25, 0.3) is 11.3 Å². The van der Waals surface area contributed by atoms with E-state index in [4.69, 9.17) is 10.5 Å². The molecule has 0 spiro atoms. The lowest BCUT2D eigenvalue weighted by Gasteiger charge is -2.13. The molecule has 21 heavy (non-hydrogen) atoms. The van der Waals surface area contributed by atoms with E-state index in [1.165, 1.54) is 0 Å². The summed E-state index contributed by atoms with van der Waals surface area (Å²) in [6.45, 7) is 1.79. The van der Waals surface area contributed by atoms with Gasteiger partial charge in [0.15, 0.2) is 0 Å². The van der Waals surface area contributed by atoms with Gasteiger partial charge in [-0.05, 0) is 37.3 Å². The fraction of sp³-hybridized carbons (Fsp3) is 0.250. The quantitative estimate of drug-likeness (QED) is 0.884. The molecule has 0 radical (unpaired) electrons. The molecule has 2 aromatic rings. The molecule has 3 N–H and O–H groups in total. The molecule has 1 unspecified atom stereocenters. The Bertz CT molecular complexity index is 612. The summed E-state index contributed by atoms with van der Waals surface area (Å²) in [6, 6.07) is 11.1. The maximum atomic E-state index is 11.9. The van der Waals surface area contributed by atoms with Crippen LogP contribution < -0.4 is 15.8 Å². The van der Waals surface area contributed by atoms with Gasteiger partial charge in [0, 0.05) is 24.2 Å². The molecule has 1 heterocycles. The topological polar surface area (TPSA) is 77.2 Å². The standard InChI is InChI=1S/C16H19N3O2/c1-11(17)9-16(20)19-14-10-12(6-7-15(14)21-2)13-5-3-4-8-18-13/h3-8,10-11H,9,17H2,1-2H3,(H,19,20). The summed E-state index contributed by atoms with van der Waals surface area (Å²) in [4.78, 5) is 16.2. The zero-order valence-electron chi connectivity index (χ0n) is 12.2. The van der Waals surface area contributed by atoms with Gasteiger partial charge < -0.3 is 15.8 Å². The normalized spacial score (nSPS) is 11.8. The van der Waals surface area contributed by atoms with Crippen molar-refractivity contribution in [2.75, 3.05) is 12.4 Å². The lowest BCUT2D eigenvalue weighted by Crippen LogP contribution is -2.24. The van der Waals surface area contributed by atoms with Crippen molar-refractivity contribution in [2.45, 2.75) is 19.4 Å². The van der Waals surface area contributed by atoms with Crippen LogP contribution in [0.2, 0.25) is 0 Å². The molecule has 1 aromatic heterocycles. The molecule has 0 aliphatic rings. The van der Waals surface area contributed by atoms with E-state index in [9.17, 15) is 4.79 Å². The molecule has 0 aliphatic carbocycles. The number of nitrogens with one attached hydrogen (secondary N) is 1. The monoisotopic (exact) mass is 285 g/mol. The second-order valence-corrected chi connectivity index (χ2v) is 4.86. The minimum Gasteiger partial charge on any atom is -0.495 e. The molecular formula is C16H19N3O2. The Morgan fingerprint density at radius 3 is 2.81 bits per heavy atom. The van der Waals surface area contributed by atoms with Crippen molar-refractivity contribution in [1.29, 1.82) is 0 Å². The van der Waals surface area contributed by atoms with Crippen molar-refractivity contribution < 1.29 is 9.53 Å². The number of carbonyl (C=O) groups excluding carboxylic acids is 1. The largest absolute Gasteiger partial charge is 0.495 e. The highest BCUT2D eigenvalue weighted by Gasteiger charge is 2.11. The highest BCUT2D eigenvalue weighted by molar-refractivity contribution is 5.93. The molecule has 5 nitrogen and oxygen atoms in total. The third kappa shape index (κ3) is 4.03. The van der Waals surface area contributed by atoms with Gasteiger partial charge in [0.1, 0.15) is 5.75 Å². The van der Waals surface area contributed by atoms with Crippen LogP contribution in [0.5, 0.6) is 5.75 Å². The van der Waals surface area contributed by atoms with Crippen LogP contribution >= 0.6 is 0 Å². The van der Waals surface area contributed by atoms with Crippen molar-refractivity contribution in [3.8, 4) is 17.0 Å². The fourth-order valence-electron chi connectivity index (χ4n) is 1.99. The number of hydrogen-bond donors (Lipinski definition) is 2. The lowest BCUT2D eigenvalue weighted by atomic mass is 10.1. The number of carbonyl (C=O) groups is 1. The van der Waals surface area contributed by atoms with Crippen molar-refractivity contribution in [2.24, 2.45) is 5.73 Å². The molecule has 0 saturated carbocycles. The van der Waals surface area contributed by atoms with Crippen LogP contribution in [-0.4, -0.2) is 24.0 Å². The Kier molecular flexibility index (Phi) is 4.90. The third-order valence-corrected chi connectivity index (χ3v) is 2.94. The Labute approximate surface area is 124 Å². The number of rotatable bonds is 5. The van der Waals surface area contributed by atoms with Crippen LogP contribution in [-0.2, 0) is 4.79 Å². The second kappa shape index (κ2) is 6.85. The van der Waals surface area contributed by atoms with Crippen LogP contribution in [0.1, 0.15) is 13.3 Å². The molecule has 5 heteroatoms. The Balaban J connectivity index is 2.28. The van der Waals surface area contributed by atoms with Crippen molar-refractivity contribution >= 4 is 11.6 Å². The number of hydrogen-bond acceptors (Lipinski definition) is 4. The van der Waals surface area contributed by atoms with E-state index in [0.29, 0.717) is 11.4 Å². The van der Waals surface area contributed by atoms with Crippen molar-refractivity contribution in [1.82, 2.24) is 4.98 Å². The van der Waals surface area contributed by atoms with E-state index in [0.717, 1.165) is 11.3 Å². The van der Waals surface area contributed by atoms with Gasteiger partial charge in [-0.15, -0.1) is 0 Å². The van der Waals surface area contributed by atoms with Gasteiger partial charge in [0.05, 0.1) is 18.5 Å². The highest BCUT2D eigenvalue weighted by Crippen LogP contribution is 2.29. The van der Waals surface area contributed by atoms with E-state index in [-0.39, 0.29) is 18.4 Å². The first-order valence-electron chi connectivity index (χ1n) is 6.75. The van der Waals surface area contributed by atoms with Gasteiger partial charge in [-0.2, -0.15) is 0 Å². The summed E-state index contributed by atoms with van der Waals surface area (Å²) in [7, 11) is 1.57. The number of nitrogens with zero attached hydrogens (tertiary/aromatic N) is 1. The maximum absolute atomic E-state index is 11.9. The van der Waals surface area contributed by atoms with Gasteiger partial charge in [-0.25, -0.2) is 0 Å². The summed E-state index contributed by atoms with van der Waals surface area (Å²) in [5.41, 5.74) is 8.00. The minimum absolute atomic E-state index is 0.138. The fourth-order valence-corrected chi connectivity index (χ4v) is 1.99. The SMILES string of the molecule is COc1ccc(-c2ccccn2)cc1NC(=O)CC(C)N. The number of methoxy groups -OCH3 is 1. The van der Waals surface area contributed by atoms with E-state index >= 15 is 0 Å². The van der Waals surface area contributed by atoms with Crippen LogP contribution in [0.3, 0.4) is 0 Å². The first-order valence-corrected chi connectivity index (χ1v) is 6.75. The highest BCUT2D eigenvalue weighted by atomic mass is 16.5. The van der Waals surface area contributed by atoms with Gasteiger partial charge >= 0.3 is 0 Å². The van der Waals surface area contributed by atoms with Crippen LogP contribution in [0.15, 0.2) is 42.6 Å². The molecule has 1 aromatic carbocycles. The minimum atomic E-state index is -0.185. The molecule has 0 fully saturated rings. The number of aromatic nitrogens is 1. The Hall–Kier alpha value is -2.40. The number of benzene rings is 1. The first-order chi connectivity index (χ1) is 10.1. The molecule has 110 valence electrons. The number of amides is 1. The van der Waals surface area contributed by atoms with E-state index in [2.05, 4.69) is 10.3 Å². The molecule has 0 bridgehead atoms. The molecule has 0 aliphatic heterocycles. The predicted molar refractivity (Wildman–Crippen MR) is 83.1 cm³/mol. The van der Waals surface area contributed by atoms with E-state index < -0.39 is 0 Å². The molecular weight excluding hydrogens is 266 g/mol. The van der Waals surface area contributed by atoms with Crippen molar-refractivity contribution in [3.05, 3.63) is 42.6 Å². The zero-order valence-corrected chi connectivity index (χ0v) is 12.2. The van der Waals surface area contributed by atoms with Crippen LogP contribution in [0, 0.1) is 0 Å². The number of nitrogens with two attached hydrogens (primary N) is 1. The number of ether oxygens (including phenoxy) is 1. The van der Waals surface area contributed by atoms with E-state index in [1.54, 1.807) is 20.2 Å². The lowest BCUT2D eigenvalue weighted by molar-refractivity contribution is -0.116. The average molecular weight is 285 g/mol. The molecule has 0 saturated heterocycles. The number of pyridine rings is 1. The summed E-state index contributed by atoms with van der Waals surface area (Å²) < 4.78 is 5.28. The molecule has 1 amide bonds. The summed E-state index contributed by atoms with van der Waals surface area (Å²) in [5.74, 6) is 0.467. The van der Waals surface area contributed by atoms with Gasteiger partial charge in [-0.1, -0.05) is 6.07 Å². The maximum Gasteiger partial charge on any atom is 0.226 e. The van der Waals surface area contributed by atoms with Crippen molar-refractivity contribution in [3.63, 3.8) is 0 Å². The summed E-state index contributed by atoms with van der Waals surface area (Å²) in [6.07, 6.45) is 1.99. The summed E-state index contributed by atoms with van der Waals surface area (Å²) >= 11 is 0. The first kappa shape index (κ1) is 15.0. The van der Waals surface area contributed by atoms with Gasteiger partial charge in [-0.3, -0.25) is 9.78 Å². The smallest absolute Gasteiger partial charge is 0.226 e. The Morgan fingerprint density at radius 1 is 1.38 bits per heavy atom.